The van der Waals surface area contributed by atoms with Crippen molar-refractivity contribution in [2.24, 2.45) is 0 Å². The summed E-state index contributed by atoms with van der Waals surface area (Å²) in [5, 5.41) is 2.88. The first-order valence-corrected chi connectivity index (χ1v) is 8.51. The van der Waals surface area contributed by atoms with Gasteiger partial charge in [0.2, 0.25) is 0 Å². The molecule has 3 rings (SSSR count). The van der Waals surface area contributed by atoms with E-state index in [9.17, 15) is 18.0 Å². The van der Waals surface area contributed by atoms with Crippen molar-refractivity contribution in [2.75, 3.05) is 6.54 Å². The van der Waals surface area contributed by atoms with E-state index >= 15 is 0 Å². The van der Waals surface area contributed by atoms with Gasteiger partial charge in [0, 0.05) is 18.4 Å². The number of carbonyl (C=O) groups is 1. The van der Waals surface area contributed by atoms with Gasteiger partial charge in [-0.05, 0) is 42.2 Å². The highest BCUT2D eigenvalue weighted by Gasteiger charge is 2.34. The SMILES string of the molecule is C#CCCNC(=O)c1ccc2cc(C3=CCCC=C3)cc(C(F)(F)F)c2n1. The Kier molecular flexibility index (Phi) is 5.31. The molecule has 1 aliphatic carbocycles. The van der Waals surface area contributed by atoms with Crippen LogP contribution in [-0.4, -0.2) is 17.4 Å². The maximum atomic E-state index is 13.6. The van der Waals surface area contributed by atoms with Gasteiger partial charge in [-0.3, -0.25) is 4.79 Å². The Bertz CT molecular complexity index is 981. The van der Waals surface area contributed by atoms with Crippen LogP contribution >= 0.6 is 0 Å². The number of rotatable bonds is 4. The van der Waals surface area contributed by atoms with E-state index in [4.69, 9.17) is 6.42 Å². The smallest absolute Gasteiger partial charge is 0.350 e. The highest BCUT2D eigenvalue weighted by atomic mass is 19.4. The highest BCUT2D eigenvalue weighted by molar-refractivity contribution is 5.96. The van der Waals surface area contributed by atoms with E-state index in [2.05, 4.69) is 16.2 Å². The maximum Gasteiger partial charge on any atom is 0.418 e. The van der Waals surface area contributed by atoms with Gasteiger partial charge in [0.1, 0.15) is 5.69 Å². The highest BCUT2D eigenvalue weighted by Crippen LogP contribution is 2.37. The van der Waals surface area contributed by atoms with Crippen molar-refractivity contribution in [3.05, 3.63) is 59.3 Å². The second kappa shape index (κ2) is 7.67. The van der Waals surface area contributed by atoms with Gasteiger partial charge in [-0.25, -0.2) is 4.98 Å². The van der Waals surface area contributed by atoms with E-state index in [-0.39, 0.29) is 17.8 Å². The molecule has 0 spiro atoms. The van der Waals surface area contributed by atoms with Gasteiger partial charge < -0.3 is 5.32 Å². The molecule has 3 nitrogen and oxygen atoms in total. The zero-order valence-electron chi connectivity index (χ0n) is 14.4. The maximum absolute atomic E-state index is 13.6. The molecule has 0 saturated heterocycles. The van der Waals surface area contributed by atoms with Crippen LogP contribution in [0.3, 0.4) is 0 Å². The van der Waals surface area contributed by atoms with Crippen LogP contribution in [0.4, 0.5) is 13.2 Å². The van der Waals surface area contributed by atoms with E-state index < -0.39 is 17.6 Å². The van der Waals surface area contributed by atoms with Crippen molar-refractivity contribution in [1.82, 2.24) is 10.3 Å². The Hall–Kier alpha value is -3.07. The molecule has 2 aromatic rings. The van der Waals surface area contributed by atoms with Gasteiger partial charge in [0.15, 0.2) is 0 Å². The second-order valence-electron chi connectivity index (χ2n) is 6.14. The fraction of sp³-hybridized carbons (Fsp3) is 0.238. The lowest BCUT2D eigenvalue weighted by Crippen LogP contribution is -2.25. The summed E-state index contributed by atoms with van der Waals surface area (Å²) < 4.78 is 40.9. The molecule has 0 saturated carbocycles. The fourth-order valence-corrected chi connectivity index (χ4v) is 2.91. The third kappa shape index (κ3) is 4.20. The van der Waals surface area contributed by atoms with Gasteiger partial charge >= 0.3 is 6.18 Å². The Morgan fingerprint density at radius 2 is 2.07 bits per heavy atom. The number of halogens is 3. The Morgan fingerprint density at radius 3 is 2.74 bits per heavy atom. The van der Waals surface area contributed by atoms with Crippen LogP contribution in [0.25, 0.3) is 16.5 Å². The predicted octanol–water partition coefficient (Wildman–Crippen LogP) is 4.74. The van der Waals surface area contributed by atoms with Crippen LogP contribution in [0, 0.1) is 12.3 Å². The number of carbonyl (C=O) groups excluding carboxylic acids is 1. The monoisotopic (exact) mass is 370 g/mol. The molecule has 6 heteroatoms. The molecular formula is C21H17F3N2O. The molecule has 0 aliphatic heterocycles. The zero-order chi connectivity index (χ0) is 19.4. The van der Waals surface area contributed by atoms with Crippen LogP contribution in [0.2, 0.25) is 0 Å². The van der Waals surface area contributed by atoms with Crippen LogP contribution < -0.4 is 5.32 Å². The molecule has 0 fully saturated rings. The van der Waals surface area contributed by atoms with Crippen molar-refractivity contribution < 1.29 is 18.0 Å². The van der Waals surface area contributed by atoms with Gasteiger partial charge in [0.05, 0.1) is 11.1 Å². The number of aromatic nitrogens is 1. The summed E-state index contributed by atoms with van der Waals surface area (Å²) in [6.45, 7) is 0.237. The molecule has 1 heterocycles. The summed E-state index contributed by atoms with van der Waals surface area (Å²) in [5.41, 5.74) is 0.0717. The number of amides is 1. The number of pyridine rings is 1. The Balaban J connectivity index is 2.07. The summed E-state index contributed by atoms with van der Waals surface area (Å²) >= 11 is 0. The quantitative estimate of drug-likeness (QED) is 0.624. The van der Waals surface area contributed by atoms with Gasteiger partial charge in [-0.15, -0.1) is 12.3 Å². The van der Waals surface area contributed by atoms with Crippen molar-refractivity contribution in [3.63, 3.8) is 0 Å². The predicted molar refractivity (Wildman–Crippen MR) is 98.9 cm³/mol. The number of nitrogens with one attached hydrogen (secondary N) is 1. The summed E-state index contributed by atoms with van der Waals surface area (Å²) in [4.78, 5) is 16.1. The molecule has 0 atom stereocenters. The van der Waals surface area contributed by atoms with Gasteiger partial charge in [0.25, 0.3) is 5.91 Å². The number of hydrogen-bond donors (Lipinski definition) is 1. The molecular weight excluding hydrogens is 353 g/mol. The zero-order valence-corrected chi connectivity index (χ0v) is 14.4. The molecule has 1 aromatic carbocycles. The van der Waals surface area contributed by atoms with Crippen molar-refractivity contribution in [1.29, 1.82) is 0 Å². The van der Waals surface area contributed by atoms with Crippen LogP contribution in [0.5, 0.6) is 0 Å². The van der Waals surface area contributed by atoms with Crippen LogP contribution in [0.1, 0.15) is 40.9 Å². The van der Waals surface area contributed by atoms with Crippen LogP contribution in [-0.2, 0) is 6.18 Å². The largest absolute Gasteiger partial charge is 0.418 e. The lowest BCUT2D eigenvalue weighted by Gasteiger charge is -2.15. The number of fused-ring (bicyclic) bond motifs is 1. The minimum Gasteiger partial charge on any atom is -0.350 e. The average Bonchev–Trinajstić information content (AvgIpc) is 2.66. The van der Waals surface area contributed by atoms with E-state index in [0.717, 1.165) is 24.5 Å². The van der Waals surface area contributed by atoms with Gasteiger partial charge in [-0.2, -0.15) is 13.2 Å². The lowest BCUT2D eigenvalue weighted by molar-refractivity contribution is -0.136. The average molecular weight is 370 g/mol. The number of hydrogen-bond acceptors (Lipinski definition) is 2. The van der Waals surface area contributed by atoms with E-state index in [1.165, 1.54) is 12.1 Å². The second-order valence-corrected chi connectivity index (χ2v) is 6.14. The minimum absolute atomic E-state index is 0.0745. The normalized spacial score (nSPS) is 13.9. The lowest BCUT2D eigenvalue weighted by atomic mass is 9.95. The van der Waals surface area contributed by atoms with E-state index in [0.29, 0.717) is 17.4 Å². The number of allylic oxidation sites excluding steroid dienone is 4. The molecule has 1 aliphatic rings. The molecule has 0 radical (unpaired) electrons. The van der Waals surface area contributed by atoms with E-state index in [1.807, 2.05) is 18.2 Å². The van der Waals surface area contributed by atoms with Gasteiger partial charge in [-0.1, -0.05) is 24.3 Å². The Morgan fingerprint density at radius 1 is 1.26 bits per heavy atom. The fourth-order valence-electron chi connectivity index (χ4n) is 2.91. The first kappa shape index (κ1) is 18.7. The molecule has 0 unspecified atom stereocenters. The van der Waals surface area contributed by atoms with Crippen molar-refractivity contribution in [2.45, 2.75) is 25.4 Å². The third-order valence-corrected chi connectivity index (χ3v) is 4.21. The molecule has 1 N–H and O–H groups in total. The first-order chi connectivity index (χ1) is 12.9. The van der Waals surface area contributed by atoms with Crippen LogP contribution in [0.15, 0.2) is 42.5 Å². The molecule has 1 aromatic heterocycles. The van der Waals surface area contributed by atoms with Crippen molar-refractivity contribution in [3.8, 4) is 12.3 Å². The Labute approximate surface area is 155 Å². The molecule has 27 heavy (non-hydrogen) atoms. The minimum atomic E-state index is -4.58. The standard InChI is InChI=1S/C21H17F3N2O/c1-2-3-11-25-20(27)18-10-9-15-12-16(14-7-5-4-6-8-14)13-17(19(15)26-18)21(22,23)24/h1,5,7-10,12-13H,3-4,6,11H2,(H,25,27). The summed E-state index contributed by atoms with van der Waals surface area (Å²) in [6, 6.07) is 5.67. The number of benzene rings is 1. The topological polar surface area (TPSA) is 42.0 Å². The molecule has 138 valence electrons. The summed E-state index contributed by atoms with van der Waals surface area (Å²) in [7, 11) is 0. The summed E-state index contributed by atoms with van der Waals surface area (Å²) in [5.74, 6) is 1.82. The first-order valence-electron chi connectivity index (χ1n) is 8.51. The molecule has 1 amide bonds. The number of alkyl halides is 3. The molecule has 0 bridgehead atoms. The summed E-state index contributed by atoms with van der Waals surface area (Å²) in [6.07, 6.45) is 8.22. The number of nitrogens with zero attached hydrogens (tertiary/aromatic N) is 1. The van der Waals surface area contributed by atoms with E-state index in [1.54, 1.807) is 6.07 Å². The number of terminal acetylenes is 1. The third-order valence-electron chi connectivity index (χ3n) is 4.21. The van der Waals surface area contributed by atoms with Crippen molar-refractivity contribution >= 4 is 22.4 Å².